The van der Waals surface area contributed by atoms with Crippen molar-refractivity contribution in [1.82, 2.24) is 0 Å². The second kappa shape index (κ2) is 21.2. The van der Waals surface area contributed by atoms with E-state index in [1.165, 1.54) is 6.07 Å². The maximum absolute atomic E-state index is 16.8. The van der Waals surface area contributed by atoms with Crippen LogP contribution in [-0.2, 0) is 22.4 Å². The van der Waals surface area contributed by atoms with E-state index in [9.17, 15) is 29.5 Å². The molecular formula is C61H57F2N3O6. The highest BCUT2D eigenvalue weighted by Gasteiger charge is 2.35. The lowest BCUT2D eigenvalue weighted by atomic mass is 9.91. The average Bonchev–Trinajstić information content (AvgIpc) is 3.99. The molecule has 0 bridgehead atoms. The van der Waals surface area contributed by atoms with Crippen LogP contribution in [0.3, 0.4) is 0 Å². The summed E-state index contributed by atoms with van der Waals surface area (Å²) < 4.78 is 42.5. The third-order valence-electron chi connectivity index (χ3n) is 14.6. The van der Waals surface area contributed by atoms with Gasteiger partial charge in [0.25, 0.3) is 0 Å². The van der Waals surface area contributed by atoms with E-state index in [4.69, 9.17) is 9.47 Å². The summed E-state index contributed by atoms with van der Waals surface area (Å²) in [7, 11) is 3.14. The number of nitrogens with zero attached hydrogens (tertiary/aromatic N) is 3. The molecule has 2 N–H and O–H groups in total. The minimum atomic E-state index is -0.875. The van der Waals surface area contributed by atoms with E-state index in [-0.39, 0.29) is 48.4 Å². The molecule has 9 nitrogen and oxygen atoms in total. The molecule has 11 heteroatoms. The number of carbonyl (C=O) groups is 2. The lowest BCUT2D eigenvalue weighted by Crippen LogP contribution is -2.31. The van der Waals surface area contributed by atoms with Crippen LogP contribution < -0.4 is 19.3 Å². The fourth-order valence-electron chi connectivity index (χ4n) is 10.7. The number of carboxylic acid groups (broad SMARTS) is 2. The van der Waals surface area contributed by atoms with E-state index in [2.05, 4.69) is 35.2 Å². The number of rotatable bonds is 16. The topological polar surface area (TPSA) is 123 Å². The second-order valence-corrected chi connectivity index (χ2v) is 19.3. The van der Waals surface area contributed by atoms with Crippen molar-refractivity contribution in [1.29, 1.82) is 5.26 Å². The summed E-state index contributed by atoms with van der Waals surface area (Å²) in [5.74, 6) is -1.42. The Morgan fingerprint density at radius 3 is 1.60 bits per heavy atom. The Morgan fingerprint density at radius 1 is 0.597 bits per heavy atom. The van der Waals surface area contributed by atoms with Gasteiger partial charge in [-0.25, -0.2) is 8.78 Å². The Balaban J connectivity index is 0.879. The molecule has 0 radical (unpaired) electrons. The summed E-state index contributed by atoms with van der Waals surface area (Å²) >= 11 is 0. The fraction of sp³-hybridized carbons (Fsp3) is 0.262. The Morgan fingerprint density at radius 2 is 1.08 bits per heavy atom. The van der Waals surface area contributed by atoms with E-state index in [1.54, 1.807) is 38.5 Å². The van der Waals surface area contributed by atoms with Gasteiger partial charge in [0.2, 0.25) is 0 Å². The summed E-state index contributed by atoms with van der Waals surface area (Å²) in [6, 6.07) is 46.2. The predicted octanol–water partition coefficient (Wildman–Crippen LogP) is 12.8. The van der Waals surface area contributed by atoms with Gasteiger partial charge in [-0.05, 0) is 150 Å². The van der Waals surface area contributed by atoms with Crippen LogP contribution in [0.4, 0.5) is 20.2 Å². The molecule has 2 heterocycles. The van der Waals surface area contributed by atoms with Gasteiger partial charge >= 0.3 is 11.9 Å². The van der Waals surface area contributed by atoms with Gasteiger partial charge in [0.1, 0.15) is 23.1 Å². The van der Waals surface area contributed by atoms with E-state index in [0.717, 1.165) is 61.4 Å². The van der Waals surface area contributed by atoms with Crippen LogP contribution in [0.25, 0.3) is 33.4 Å². The Bertz CT molecular complexity index is 3170. The van der Waals surface area contributed by atoms with Crippen molar-refractivity contribution in [2.24, 2.45) is 5.92 Å². The Labute approximate surface area is 419 Å². The number of benzene rings is 7. The quantitative estimate of drug-likeness (QED) is 0.0974. The smallest absolute Gasteiger partial charge is 0.305 e. The van der Waals surface area contributed by atoms with Crippen LogP contribution >= 0.6 is 0 Å². The second-order valence-electron chi connectivity index (χ2n) is 19.3. The zero-order valence-corrected chi connectivity index (χ0v) is 40.9. The predicted molar refractivity (Wildman–Crippen MR) is 278 cm³/mol. The minimum absolute atomic E-state index is 0.00318. The van der Waals surface area contributed by atoms with Crippen molar-refractivity contribution in [2.75, 3.05) is 37.1 Å². The highest BCUT2D eigenvalue weighted by atomic mass is 19.1. The van der Waals surface area contributed by atoms with Gasteiger partial charge in [0.05, 0.1) is 39.0 Å². The molecule has 0 aliphatic carbocycles. The molecule has 0 spiro atoms. The summed E-state index contributed by atoms with van der Waals surface area (Å²) in [5.41, 5.74) is 12.9. The highest BCUT2D eigenvalue weighted by molar-refractivity contribution is 5.77. The number of aliphatic carboxylic acids is 2. The number of hydrogen-bond acceptors (Lipinski definition) is 7. The molecule has 0 amide bonds. The van der Waals surface area contributed by atoms with Crippen molar-refractivity contribution in [3.63, 3.8) is 0 Å². The van der Waals surface area contributed by atoms with Crippen molar-refractivity contribution >= 4 is 23.3 Å². The minimum Gasteiger partial charge on any atom is -0.497 e. The number of anilines is 2. The van der Waals surface area contributed by atoms with Crippen molar-refractivity contribution < 1.29 is 38.1 Å². The van der Waals surface area contributed by atoms with Crippen LogP contribution in [-0.4, -0.2) is 61.5 Å². The average molecular weight is 966 g/mol. The zero-order valence-electron chi connectivity index (χ0n) is 40.9. The molecule has 2 aliphatic heterocycles. The molecule has 2 saturated heterocycles. The van der Waals surface area contributed by atoms with Crippen molar-refractivity contribution in [2.45, 2.75) is 70.4 Å². The van der Waals surface area contributed by atoms with E-state index in [1.807, 2.05) is 104 Å². The van der Waals surface area contributed by atoms with E-state index < -0.39 is 11.9 Å². The van der Waals surface area contributed by atoms with Gasteiger partial charge in [0.15, 0.2) is 0 Å². The molecule has 7 aromatic rings. The maximum atomic E-state index is 16.8. The molecule has 2 aliphatic rings. The molecule has 0 saturated carbocycles. The third-order valence-corrected chi connectivity index (χ3v) is 14.6. The SMILES string of the molecule is COc1ccc(F)c(-c2ccc(Cc3ccc(N4CC(c5ccc(-c6cc(OC)cc(-c7ccc(Cc8ccc(N9CC(C#N)CC9CC(=O)O)cc8)c(C)c7)c6F)cc5)CC4CC(=O)O)cc3)c(C)c2)c1. The normalized spacial score (nSPS) is 17.5. The van der Waals surface area contributed by atoms with Crippen molar-refractivity contribution in [3.8, 4) is 50.9 Å². The molecule has 9 rings (SSSR count). The molecule has 72 heavy (non-hydrogen) atoms. The largest absolute Gasteiger partial charge is 0.497 e. The molecule has 366 valence electrons. The van der Waals surface area contributed by atoms with Gasteiger partial charge < -0.3 is 29.5 Å². The van der Waals surface area contributed by atoms with E-state index >= 15 is 4.39 Å². The third kappa shape index (κ3) is 10.7. The number of ether oxygens (including phenoxy) is 2. The summed E-state index contributed by atoms with van der Waals surface area (Å²) in [4.78, 5) is 27.9. The van der Waals surface area contributed by atoms with Crippen LogP contribution in [0.1, 0.15) is 70.5 Å². The molecule has 4 atom stereocenters. The monoisotopic (exact) mass is 965 g/mol. The summed E-state index contributed by atoms with van der Waals surface area (Å²) in [6.45, 7) is 5.19. The first kappa shape index (κ1) is 49.0. The van der Waals surface area contributed by atoms with Crippen LogP contribution in [0, 0.1) is 42.7 Å². The number of carboxylic acids is 2. The highest BCUT2D eigenvalue weighted by Crippen LogP contribution is 2.41. The first-order valence-corrected chi connectivity index (χ1v) is 24.3. The molecule has 0 aromatic heterocycles. The number of methoxy groups -OCH3 is 2. The summed E-state index contributed by atoms with van der Waals surface area (Å²) in [6.07, 6.45) is 2.52. The number of nitriles is 1. The first-order valence-electron chi connectivity index (χ1n) is 24.3. The Kier molecular flexibility index (Phi) is 14.4. The van der Waals surface area contributed by atoms with Gasteiger partial charge in [-0.3, -0.25) is 9.59 Å². The van der Waals surface area contributed by atoms with Gasteiger partial charge in [-0.15, -0.1) is 0 Å². The van der Waals surface area contributed by atoms with Gasteiger partial charge in [-0.2, -0.15) is 5.26 Å². The van der Waals surface area contributed by atoms with Gasteiger partial charge in [-0.1, -0.05) is 84.9 Å². The van der Waals surface area contributed by atoms with E-state index in [0.29, 0.717) is 72.5 Å². The number of halogens is 2. The van der Waals surface area contributed by atoms with Crippen LogP contribution in [0.5, 0.6) is 11.5 Å². The lowest BCUT2D eigenvalue weighted by molar-refractivity contribution is -0.138. The first-order chi connectivity index (χ1) is 34.8. The Hall–Kier alpha value is -7.97. The number of aryl methyl sites for hydroxylation is 2. The molecule has 4 unspecified atom stereocenters. The summed E-state index contributed by atoms with van der Waals surface area (Å²) in [5, 5.41) is 28.9. The standard InChI is InChI=1S/C61H57F2N3O6/c1-37-23-46(55-31-53(71-3)21-22-58(55)62)15-13-44(37)25-40-7-19-50(20-8-40)66-36-48(28-52(66)30-60(69)70)42-9-11-43(12-10-42)56-32-54(72-4)33-57(61(56)63)47-16-14-45(38(2)24-47)26-39-5-17-49(18-6-39)65-35-41(34-64)27-51(65)29-59(67)68/h5-24,31-33,41,48,51-52H,25-30,35-36H2,1-4H3,(H,67,68)(H,69,70). The van der Waals surface area contributed by atoms with Crippen LogP contribution in [0.2, 0.25) is 0 Å². The molecule has 2 fully saturated rings. The van der Waals surface area contributed by atoms with Crippen LogP contribution in [0.15, 0.2) is 140 Å². The fourth-order valence-corrected chi connectivity index (χ4v) is 10.7. The zero-order chi connectivity index (χ0) is 50.6. The van der Waals surface area contributed by atoms with Gasteiger partial charge in [0, 0.05) is 59.2 Å². The molecule has 7 aromatic carbocycles. The molecular weight excluding hydrogens is 909 g/mol. The number of hydrogen-bond donors (Lipinski definition) is 2. The lowest BCUT2D eigenvalue weighted by Gasteiger charge is -2.26. The maximum Gasteiger partial charge on any atom is 0.305 e. The van der Waals surface area contributed by atoms with Crippen molar-refractivity contribution in [3.05, 3.63) is 190 Å².